The molecule has 0 aliphatic rings. The Hall–Kier alpha value is -3.67. The summed E-state index contributed by atoms with van der Waals surface area (Å²) in [4.78, 5) is 4.28. The van der Waals surface area contributed by atoms with Crippen LogP contribution in [0.25, 0.3) is 16.7 Å². The number of ether oxygens (including phenoxy) is 1. The van der Waals surface area contributed by atoms with Crippen molar-refractivity contribution in [3.63, 3.8) is 0 Å². The normalized spacial score (nSPS) is 10.8. The number of hydrogen-bond donors (Lipinski definition) is 3. The summed E-state index contributed by atoms with van der Waals surface area (Å²) in [5.41, 5.74) is 3.78. The van der Waals surface area contributed by atoms with Gasteiger partial charge in [-0.15, -0.1) is 10.2 Å². The quantitative estimate of drug-likeness (QED) is 0.313. The third-order valence-corrected chi connectivity index (χ3v) is 4.53. The van der Waals surface area contributed by atoms with Gasteiger partial charge in [0.05, 0.1) is 29.3 Å². The SMILES string of the molecule is C=C(NC)c1cc(COc2nnc(Nc3ccc(Cl)cc3)c3ccoc23)ccn1.CS(=O)(=O)O. The average Bonchev–Trinajstić information content (AvgIpc) is 3.29. The molecule has 0 aliphatic heterocycles. The Morgan fingerprint density at radius 3 is 2.59 bits per heavy atom. The Morgan fingerprint density at radius 1 is 1.21 bits per heavy atom. The maximum Gasteiger partial charge on any atom is 0.278 e. The van der Waals surface area contributed by atoms with E-state index >= 15 is 0 Å². The fraction of sp³-hybridized carbons (Fsp3) is 0.136. The number of furan rings is 1. The lowest BCUT2D eigenvalue weighted by molar-refractivity contribution is 0.289. The molecule has 3 heterocycles. The van der Waals surface area contributed by atoms with E-state index in [4.69, 9.17) is 25.3 Å². The first-order valence-corrected chi connectivity index (χ1v) is 12.0. The van der Waals surface area contributed by atoms with E-state index in [2.05, 4.69) is 32.4 Å². The number of hydrogen-bond acceptors (Lipinski definition) is 9. The van der Waals surface area contributed by atoms with Crippen molar-refractivity contribution in [1.29, 1.82) is 0 Å². The number of nitrogens with one attached hydrogen (secondary N) is 2. The molecule has 0 saturated heterocycles. The van der Waals surface area contributed by atoms with Gasteiger partial charge in [-0.2, -0.15) is 8.42 Å². The Kier molecular flexibility index (Phi) is 8.05. The average molecular weight is 504 g/mol. The van der Waals surface area contributed by atoms with Crippen LogP contribution in [0.4, 0.5) is 11.5 Å². The Balaban J connectivity index is 0.000000588. The van der Waals surface area contributed by atoms with E-state index in [9.17, 15) is 8.42 Å². The number of halogens is 1. The van der Waals surface area contributed by atoms with Gasteiger partial charge in [0, 0.05) is 24.0 Å². The molecule has 0 spiro atoms. The number of benzene rings is 1. The van der Waals surface area contributed by atoms with Crippen LogP contribution in [-0.2, 0) is 16.7 Å². The van der Waals surface area contributed by atoms with Gasteiger partial charge in [-0.25, -0.2) is 0 Å². The van der Waals surface area contributed by atoms with E-state index in [-0.39, 0.29) is 0 Å². The zero-order valence-corrected chi connectivity index (χ0v) is 19.9. The monoisotopic (exact) mass is 503 g/mol. The van der Waals surface area contributed by atoms with Crippen molar-refractivity contribution in [3.8, 4) is 5.88 Å². The number of pyridine rings is 1. The first kappa shape index (κ1) is 25.0. The van der Waals surface area contributed by atoms with Gasteiger partial charge >= 0.3 is 0 Å². The van der Waals surface area contributed by atoms with Gasteiger partial charge in [0.2, 0.25) is 5.58 Å². The van der Waals surface area contributed by atoms with Crippen molar-refractivity contribution in [3.05, 3.63) is 77.8 Å². The molecule has 0 saturated carbocycles. The summed E-state index contributed by atoms with van der Waals surface area (Å²) in [5, 5.41) is 16.1. The van der Waals surface area contributed by atoms with Crippen molar-refractivity contribution in [1.82, 2.24) is 20.5 Å². The molecule has 0 atom stereocenters. The molecule has 4 rings (SSSR count). The number of rotatable bonds is 7. The van der Waals surface area contributed by atoms with E-state index in [1.807, 2.05) is 30.3 Å². The fourth-order valence-corrected chi connectivity index (χ4v) is 2.85. The molecule has 3 aromatic heterocycles. The third kappa shape index (κ3) is 7.17. The summed E-state index contributed by atoms with van der Waals surface area (Å²) in [6.45, 7) is 4.21. The summed E-state index contributed by atoms with van der Waals surface area (Å²) in [6, 6.07) is 12.9. The third-order valence-electron chi connectivity index (χ3n) is 4.27. The van der Waals surface area contributed by atoms with Gasteiger partial charge in [-0.1, -0.05) is 18.2 Å². The zero-order valence-electron chi connectivity index (χ0n) is 18.3. The van der Waals surface area contributed by atoms with Crippen LogP contribution in [0.3, 0.4) is 0 Å². The second kappa shape index (κ2) is 11.0. The van der Waals surface area contributed by atoms with Crippen LogP contribution in [-0.4, -0.2) is 41.5 Å². The Labute approximate surface area is 201 Å². The Morgan fingerprint density at radius 2 is 1.91 bits per heavy atom. The molecular weight excluding hydrogens is 482 g/mol. The van der Waals surface area contributed by atoms with Crippen molar-refractivity contribution >= 4 is 49.9 Å². The molecule has 0 fully saturated rings. The summed E-state index contributed by atoms with van der Waals surface area (Å²) in [6.07, 6.45) is 4.01. The predicted molar refractivity (Wildman–Crippen MR) is 131 cm³/mol. The highest BCUT2D eigenvalue weighted by Gasteiger charge is 2.14. The van der Waals surface area contributed by atoms with Crippen LogP contribution in [0.5, 0.6) is 5.88 Å². The smallest absolute Gasteiger partial charge is 0.278 e. The molecule has 3 N–H and O–H groups in total. The van der Waals surface area contributed by atoms with Crippen LogP contribution < -0.4 is 15.4 Å². The van der Waals surface area contributed by atoms with Crippen LogP contribution in [0.15, 0.2) is 65.9 Å². The molecule has 0 bridgehead atoms. The molecule has 178 valence electrons. The Bertz CT molecular complexity index is 1380. The summed E-state index contributed by atoms with van der Waals surface area (Å²) < 4.78 is 37.3. The maximum absolute atomic E-state index is 9.19. The summed E-state index contributed by atoms with van der Waals surface area (Å²) >= 11 is 5.93. The van der Waals surface area contributed by atoms with E-state index < -0.39 is 10.1 Å². The lowest BCUT2D eigenvalue weighted by Gasteiger charge is -2.10. The standard InChI is InChI=1S/C21H18ClN5O2.CH4O3S/c1-13(23-2)18-11-14(7-9-24-18)12-29-21-19-17(8-10-28-19)20(26-27-21)25-16-5-3-15(22)4-6-16;1-5(2,3)4/h3-11,23H,1,12H2,2H3,(H,25,26);1H3,(H,2,3,4). The van der Waals surface area contributed by atoms with E-state index in [0.717, 1.165) is 28.0 Å². The maximum atomic E-state index is 9.19. The van der Waals surface area contributed by atoms with Gasteiger partial charge in [0.1, 0.15) is 6.61 Å². The molecular formula is C22H22ClN5O5S. The minimum absolute atomic E-state index is 0.293. The second-order valence-electron chi connectivity index (χ2n) is 6.95. The first-order valence-electron chi connectivity index (χ1n) is 9.77. The lowest BCUT2D eigenvalue weighted by Crippen LogP contribution is -2.06. The highest BCUT2D eigenvalue weighted by atomic mass is 35.5. The van der Waals surface area contributed by atoms with Crippen molar-refractivity contribution < 1.29 is 22.1 Å². The number of nitrogens with zero attached hydrogens (tertiary/aromatic N) is 3. The topological polar surface area (TPSA) is 139 Å². The molecule has 0 radical (unpaired) electrons. The minimum Gasteiger partial charge on any atom is -0.469 e. The lowest BCUT2D eigenvalue weighted by atomic mass is 10.2. The van der Waals surface area contributed by atoms with Crippen molar-refractivity contribution in [2.75, 3.05) is 18.6 Å². The van der Waals surface area contributed by atoms with Gasteiger partial charge in [0.25, 0.3) is 16.0 Å². The highest BCUT2D eigenvalue weighted by molar-refractivity contribution is 7.85. The molecule has 1 aromatic carbocycles. The van der Waals surface area contributed by atoms with E-state index in [0.29, 0.717) is 35.2 Å². The van der Waals surface area contributed by atoms with E-state index in [1.54, 1.807) is 31.6 Å². The predicted octanol–water partition coefficient (Wildman–Crippen LogP) is 4.29. The zero-order chi connectivity index (χ0) is 24.7. The van der Waals surface area contributed by atoms with Crippen LogP contribution >= 0.6 is 11.6 Å². The first-order chi connectivity index (χ1) is 16.1. The molecule has 4 aromatic rings. The van der Waals surface area contributed by atoms with Crippen LogP contribution in [0.1, 0.15) is 11.3 Å². The molecule has 10 nitrogen and oxygen atoms in total. The molecule has 0 aliphatic carbocycles. The van der Waals surface area contributed by atoms with Crippen LogP contribution in [0.2, 0.25) is 5.02 Å². The highest BCUT2D eigenvalue weighted by Crippen LogP contribution is 2.31. The van der Waals surface area contributed by atoms with Crippen molar-refractivity contribution in [2.24, 2.45) is 0 Å². The number of anilines is 2. The minimum atomic E-state index is -3.67. The second-order valence-corrected chi connectivity index (χ2v) is 8.85. The van der Waals surface area contributed by atoms with Crippen LogP contribution in [0, 0.1) is 0 Å². The van der Waals surface area contributed by atoms with Gasteiger partial charge < -0.3 is 19.8 Å². The number of fused-ring (bicyclic) bond motifs is 1. The molecule has 34 heavy (non-hydrogen) atoms. The molecule has 12 heteroatoms. The molecule has 0 amide bonds. The number of aromatic nitrogens is 3. The largest absolute Gasteiger partial charge is 0.469 e. The van der Waals surface area contributed by atoms with Gasteiger partial charge in [-0.3, -0.25) is 9.54 Å². The van der Waals surface area contributed by atoms with Gasteiger partial charge in [-0.05, 0) is 48.0 Å². The summed E-state index contributed by atoms with van der Waals surface area (Å²) in [5.74, 6) is 0.886. The molecule has 0 unspecified atom stereocenters. The van der Waals surface area contributed by atoms with Crippen molar-refractivity contribution in [2.45, 2.75) is 6.61 Å². The van der Waals surface area contributed by atoms with Gasteiger partial charge in [0.15, 0.2) is 5.82 Å². The van der Waals surface area contributed by atoms with E-state index in [1.165, 1.54) is 0 Å². The summed E-state index contributed by atoms with van der Waals surface area (Å²) in [7, 11) is -1.87. The fourth-order valence-electron chi connectivity index (χ4n) is 2.72.